The third-order valence-electron chi connectivity index (χ3n) is 3.20. The summed E-state index contributed by atoms with van der Waals surface area (Å²) in [6.45, 7) is 4.04. The number of carboxylic acids is 1. The number of β-amino-alcohol motifs (C(OH)–C–C–N with tert-alkyl or cyclic N) is 1. The van der Waals surface area contributed by atoms with Crippen molar-refractivity contribution in [3.8, 4) is 0 Å². The fourth-order valence-corrected chi connectivity index (χ4v) is 1.85. The topological polar surface area (TPSA) is 98.7 Å². The van der Waals surface area contributed by atoms with Crippen molar-refractivity contribution < 1.29 is 19.8 Å². The molecule has 0 aliphatic carbocycles. The van der Waals surface area contributed by atoms with E-state index in [1.54, 1.807) is 6.92 Å². The summed E-state index contributed by atoms with van der Waals surface area (Å²) in [5.74, 6) is -1.50. The minimum Gasteiger partial charge on any atom is -0.480 e. The summed E-state index contributed by atoms with van der Waals surface area (Å²) in [6, 6.07) is -1.36. The fourth-order valence-electron chi connectivity index (χ4n) is 1.85. The van der Waals surface area contributed by atoms with Crippen LogP contribution >= 0.6 is 0 Å². The molecule has 1 fully saturated rings. The number of aliphatic carboxylic acids is 1. The van der Waals surface area contributed by atoms with E-state index in [2.05, 4.69) is 10.6 Å². The highest BCUT2D eigenvalue weighted by atomic mass is 16.4. The molecule has 98 valence electrons. The lowest BCUT2D eigenvalue weighted by atomic mass is 9.99. The lowest BCUT2D eigenvalue weighted by molar-refractivity contribution is -0.143. The van der Waals surface area contributed by atoms with Crippen LogP contribution in [0.1, 0.15) is 26.7 Å². The second kappa shape index (κ2) is 5.97. The number of nitrogens with one attached hydrogen (secondary N) is 2. The van der Waals surface area contributed by atoms with Crippen LogP contribution in [0, 0.1) is 5.92 Å². The minimum absolute atomic E-state index is 0.122. The van der Waals surface area contributed by atoms with E-state index in [0.717, 1.165) is 0 Å². The summed E-state index contributed by atoms with van der Waals surface area (Å²) in [4.78, 5) is 22.8. The molecule has 0 aromatic heterocycles. The van der Waals surface area contributed by atoms with Crippen LogP contribution in [0.3, 0.4) is 0 Å². The van der Waals surface area contributed by atoms with Crippen LogP contribution in [0.15, 0.2) is 0 Å². The zero-order valence-corrected chi connectivity index (χ0v) is 10.1. The number of hydrogen-bond donors (Lipinski definition) is 4. The fraction of sp³-hybridized carbons (Fsp3) is 0.818. The third-order valence-corrected chi connectivity index (χ3v) is 3.20. The average molecular weight is 244 g/mol. The first-order valence-corrected chi connectivity index (χ1v) is 5.90. The molecule has 1 aliphatic rings. The Hall–Kier alpha value is -1.14. The van der Waals surface area contributed by atoms with Gasteiger partial charge in [-0.15, -0.1) is 0 Å². The van der Waals surface area contributed by atoms with Gasteiger partial charge in [-0.3, -0.25) is 4.79 Å². The molecule has 4 atom stereocenters. The molecule has 0 aromatic rings. The predicted octanol–water partition coefficient (Wildman–Crippen LogP) is -0.675. The third kappa shape index (κ3) is 3.67. The summed E-state index contributed by atoms with van der Waals surface area (Å²) >= 11 is 0. The standard InChI is InChI=1S/C11H20N2O4/c1-3-6(2)9(11(16)17)13-10(15)8-4-7(14)5-12-8/h6-9,12,14H,3-5H2,1-2H3,(H,13,15)(H,16,17)/t6-,7+,8-,9-/m0/s1. The second-order valence-electron chi connectivity index (χ2n) is 4.56. The Morgan fingerprint density at radius 2 is 2.18 bits per heavy atom. The maximum Gasteiger partial charge on any atom is 0.326 e. The van der Waals surface area contributed by atoms with Crippen molar-refractivity contribution in [2.24, 2.45) is 5.92 Å². The molecule has 0 saturated carbocycles. The van der Waals surface area contributed by atoms with Gasteiger partial charge in [-0.2, -0.15) is 0 Å². The first kappa shape index (κ1) is 13.9. The van der Waals surface area contributed by atoms with Gasteiger partial charge in [0.1, 0.15) is 6.04 Å². The molecule has 0 aromatic carbocycles. The van der Waals surface area contributed by atoms with E-state index in [1.165, 1.54) is 0 Å². The normalized spacial score (nSPS) is 27.5. The Morgan fingerprint density at radius 3 is 2.59 bits per heavy atom. The molecule has 1 amide bonds. The van der Waals surface area contributed by atoms with Gasteiger partial charge >= 0.3 is 5.97 Å². The molecular weight excluding hydrogens is 224 g/mol. The van der Waals surface area contributed by atoms with Gasteiger partial charge < -0.3 is 20.8 Å². The van der Waals surface area contributed by atoms with Gasteiger partial charge in [-0.1, -0.05) is 20.3 Å². The molecule has 0 radical (unpaired) electrons. The lowest BCUT2D eigenvalue weighted by Gasteiger charge is -2.22. The number of amides is 1. The Morgan fingerprint density at radius 1 is 1.53 bits per heavy atom. The average Bonchev–Trinajstić information content (AvgIpc) is 2.71. The van der Waals surface area contributed by atoms with Crippen LogP contribution in [-0.2, 0) is 9.59 Å². The zero-order chi connectivity index (χ0) is 13.0. The molecule has 6 heteroatoms. The zero-order valence-electron chi connectivity index (χ0n) is 10.1. The minimum atomic E-state index is -1.02. The monoisotopic (exact) mass is 244 g/mol. The van der Waals surface area contributed by atoms with Gasteiger partial charge in [0.15, 0.2) is 0 Å². The van der Waals surface area contributed by atoms with E-state index in [-0.39, 0.29) is 11.8 Å². The lowest BCUT2D eigenvalue weighted by Crippen LogP contribution is -2.50. The molecular formula is C11H20N2O4. The van der Waals surface area contributed by atoms with Crippen molar-refractivity contribution >= 4 is 11.9 Å². The van der Waals surface area contributed by atoms with Crippen molar-refractivity contribution in [2.75, 3.05) is 6.54 Å². The van der Waals surface area contributed by atoms with Gasteiger partial charge in [0.05, 0.1) is 12.1 Å². The highest BCUT2D eigenvalue weighted by molar-refractivity contribution is 5.87. The summed E-state index contributed by atoms with van der Waals surface area (Å²) in [6.07, 6.45) is 0.481. The number of hydrogen-bond acceptors (Lipinski definition) is 4. The number of aliphatic hydroxyl groups excluding tert-OH is 1. The molecule has 0 unspecified atom stereocenters. The van der Waals surface area contributed by atoms with Gasteiger partial charge in [0, 0.05) is 6.54 Å². The van der Waals surface area contributed by atoms with Crippen LogP contribution < -0.4 is 10.6 Å². The summed E-state index contributed by atoms with van der Waals surface area (Å²) < 4.78 is 0. The van der Waals surface area contributed by atoms with Crippen molar-refractivity contribution in [3.05, 3.63) is 0 Å². The summed E-state index contributed by atoms with van der Waals surface area (Å²) in [5.41, 5.74) is 0. The molecule has 17 heavy (non-hydrogen) atoms. The highest BCUT2D eigenvalue weighted by Crippen LogP contribution is 2.11. The molecule has 1 saturated heterocycles. The van der Waals surface area contributed by atoms with Crippen molar-refractivity contribution in [2.45, 2.75) is 44.9 Å². The van der Waals surface area contributed by atoms with E-state index in [0.29, 0.717) is 19.4 Å². The maximum absolute atomic E-state index is 11.8. The van der Waals surface area contributed by atoms with Crippen LogP contribution in [0.2, 0.25) is 0 Å². The van der Waals surface area contributed by atoms with E-state index in [1.807, 2.05) is 6.92 Å². The molecule has 1 aliphatic heterocycles. The SMILES string of the molecule is CC[C@H](C)[C@H](NC(=O)[C@@H]1C[C@@H](O)CN1)C(=O)O. The van der Waals surface area contributed by atoms with Crippen LogP contribution in [-0.4, -0.2) is 46.8 Å². The van der Waals surface area contributed by atoms with Crippen molar-refractivity contribution in [3.63, 3.8) is 0 Å². The van der Waals surface area contributed by atoms with Crippen LogP contribution in [0.4, 0.5) is 0 Å². The Labute approximate surface area is 100 Å². The predicted molar refractivity (Wildman–Crippen MR) is 61.4 cm³/mol. The van der Waals surface area contributed by atoms with Crippen molar-refractivity contribution in [1.29, 1.82) is 0 Å². The molecule has 0 spiro atoms. The summed E-state index contributed by atoms with van der Waals surface area (Å²) in [5, 5.41) is 23.7. The molecule has 1 rings (SSSR count). The van der Waals surface area contributed by atoms with E-state index in [4.69, 9.17) is 5.11 Å². The van der Waals surface area contributed by atoms with E-state index >= 15 is 0 Å². The maximum atomic E-state index is 11.8. The largest absolute Gasteiger partial charge is 0.480 e. The van der Waals surface area contributed by atoms with Gasteiger partial charge in [0.25, 0.3) is 0 Å². The molecule has 6 nitrogen and oxygen atoms in total. The molecule has 4 N–H and O–H groups in total. The van der Waals surface area contributed by atoms with Crippen LogP contribution in [0.25, 0.3) is 0 Å². The Kier molecular flexibility index (Phi) is 4.89. The van der Waals surface area contributed by atoms with Gasteiger partial charge in [-0.25, -0.2) is 4.79 Å². The Bertz CT molecular complexity index is 295. The van der Waals surface area contributed by atoms with E-state index in [9.17, 15) is 14.7 Å². The molecule has 1 heterocycles. The quantitative estimate of drug-likeness (QED) is 0.514. The first-order chi connectivity index (χ1) is 7.95. The summed E-state index contributed by atoms with van der Waals surface area (Å²) in [7, 11) is 0. The Balaban J connectivity index is 2.55. The number of carbonyl (C=O) groups excluding carboxylic acids is 1. The number of carbonyl (C=O) groups is 2. The van der Waals surface area contributed by atoms with E-state index < -0.39 is 24.2 Å². The van der Waals surface area contributed by atoms with Gasteiger partial charge in [0.2, 0.25) is 5.91 Å². The highest BCUT2D eigenvalue weighted by Gasteiger charge is 2.32. The number of aliphatic hydroxyl groups is 1. The van der Waals surface area contributed by atoms with Gasteiger partial charge in [-0.05, 0) is 12.3 Å². The first-order valence-electron chi connectivity index (χ1n) is 5.90. The van der Waals surface area contributed by atoms with Crippen molar-refractivity contribution in [1.82, 2.24) is 10.6 Å². The smallest absolute Gasteiger partial charge is 0.326 e. The number of carboxylic acid groups (broad SMARTS) is 1. The second-order valence-corrected chi connectivity index (χ2v) is 4.56. The number of rotatable bonds is 5. The van der Waals surface area contributed by atoms with Crippen LogP contribution in [0.5, 0.6) is 0 Å². The molecule has 0 bridgehead atoms.